The lowest BCUT2D eigenvalue weighted by molar-refractivity contribution is -0.148. The molecule has 1 N–H and O–H groups in total. The average molecular weight is 323 g/mol. The largest absolute Gasteiger partial charge is 0.363 e. The van der Waals surface area contributed by atoms with Crippen molar-refractivity contribution >= 4 is 5.91 Å². The normalized spacial score (nSPS) is 23.6. The summed E-state index contributed by atoms with van der Waals surface area (Å²) in [5.74, 6) is 0.0532. The maximum atomic E-state index is 13.3. The average Bonchev–Trinajstić information content (AvgIpc) is 2.68. The number of piperazine rings is 1. The van der Waals surface area contributed by atoms with E-state index in [4.69, 9.17) is 4.74 Å². The Hall–Kier alpha value is -2.24. The Labute approximate surface area is 141 Å². The molecule has 2 atom stereocenters. The number of aromatic nitrogens is 1. The first-order valence-corrected chi connectivity index (χ1v) is 8.45. The molecule has 24 heavy (non-hydrogen) atoms. The van der Waals surface area contributed by atoms with E-state index < -0.39 is 6.10 Å². The van der Waals surface area contributed by atoms with Gasteiger partial charge in [0, 0.05) is 32.0 Å². The minimum absolute atomic E-state index is 0.00219. The number of amides is 1. The lowest BCUT2D eigenvalue weighted by Crippen LogP contribution is -2.50. The van der Waals surface area contributed by atoms with E-state index in [2.05, 4.69) is 16.4 Å². The van der Waals surface area contributed by atoms with Gasteiger partial charge in [0.25, 0.3) is 5.91 Å². The van der Waals surface area contributed by atoms with Crippen LogP contribution >= 0.6 is 0 Å². The van der Waals surface area contributed by atoms with E-state index in [0.29, 0.717) is 13.2 Å². The molecular formula is C19H21N3O2. The Morgan fingerprint density at radius 1 is 1.25 bits per heavy atom. The van der Waals surface area contributed by atoms with Gasteiger partial charge < -0.3 is 15.0 Å². The van der Waals surface area contributed by atoms with E-state index in [1.54, 1.807) is 6.20 Å². The highest BCUT2D eigenvalue weighted by atomic mass is 16.5. The highest BCUT2D eigenvalue weighted by Gasteiger charge is 2.35. The summed E-state index contributed by atoms with van der Waals surface area (Å²) in [6.45, 7) is 2.82. The van der Waals surface area contributed by atoms with Crippen molar-refractivity contribution in [3.8, 4) is 0 Å². The molecule has 0 radical (unpaired) electrons. The standard InChI is InChI=1S/C19H21N3O2/c23-19(18-16-6-2-1-4-14(16)7-11-24-18)22-10-9-21-13-17(22)15-5-3-8-20-12-15/h1-6,8,12,17-18,21H,7,9-11,13H2. The van der Waals surface area contributed by atoms with Gasteiger partial charge >= 0.3 is 0 Å². The maximum Gasteiger partial charge on any atom is 0.256 e. The Morgan fingerprint density at radius 3 is 3.04 bits per heavy atom. The zero-order valence-corrected chi connectivity index (χ0v) is 13.5. The molecule has 0 spiro atoms. The number of pyridine rings is 1. The summed E-state index contributed by atoms with van der Waals surface area (Å²) >= 11 is 0. The van der Waals surface area contributed by atoms with Crippen LogP contribution in [0.4, 0.5) is 0 Å². The molecule has 1 amide bonds. The summed E-state index contributed by atoms with van der Waals surface area (Å²) in [6.07, 6.45) is 3.97. The first-order chi connectivity index (χ1) is 11.8. The zero-order valence-electron chi connectivity index (χ0n) is 13.5. The van der Waals surface area contributed by atoms with E-state index in [0.717, 1.165) is 30.6 Å². The number of rotatable bonds is 2. The molecule has 124 valence electrons. The molecule has 4 rings (SSSR count). The van der Waals surface area contributed by atoms with Gasteiger partial charge in [-0.05, 0) is 29.2 Å². The van der Waals surface area contributed by atoms with E-state index in [9.17, 15) is 4.79 Å². The SMILES string of the molecule is O=C(C1OCCc2ccccc21)N1CCNCC1c1cccnc1. The van der Waals surface area contributed by atoms with Gasteiger partial charge in [0.1, 0.15) is 0 Å². The summed E-state index contributed by atoms with van der Waals surface area (Å²) in [5.41, 5.74) is 3.29. The van der Waals surface area contributed by atoms with Crippen LogP contribution in [0.5, 0.6) is 0 Å². The van der Waals surface area contributed by atoms with Crippen LogP contribution in [0.3, 0.4) is 0 Å². The first kappa shape index (κ1) is 15.3. The van der Waals surface area contributed by atoms with E-state index in [1.165, 1.54) is 5.56 Å². The number of hydrogen-bond donors (Lipinski definition) is 1. The minimum atomic E-state index is -0.493. The number of nitrogens with zero attached hydrogens (tertiary/aromatic N) is 2. The molecule has 1 aromatic carbocycles. The topological polar surface area (TPSA) is 54.5 Å². The van der Waals surface area contributed by atoms with E-state index >= 15 is 0 Å². The van der Waals surface area contributed by atoms with E-state index in [-0.39, 0.29) is 11.9 Å². The number of carbonyl (C=O) groups is 1. The molecule has 5 heteroatoms. The molecule has 1 aromatic heterocycles. The number of nitrogens with one attached hydrogen (secondary N) is 1. The summed E-state index contributed by atoms with van der Waals surface area (Å²) in [7, 11) is 0. The van der Waals surface area contributed by atoms with Crippen LogP contribution in [0, 0.1) is 0 Å². The summed E-state index contributed by atoms with van der Waals surface area (Å²) in [5, 5.41) is 3.38. The fourth-order valence-electron chi connectivity index (χ4n) is 3.59. The highest BCUT2D eigenvalue weighted by Crippen LogP contribution is 2.32. The molecule has 2 aliphatic heterocycles. The molecule has 0 aliphatic carbocycles. The van der Waals surface area contributed by atoms with Gasteiger partial charge in [0.2, 0.25) is 0 Å². The Bertz CT molecular complexity index is 720. The summed E-state index contributed by atoms with van der Waals surface area (Å²) in [4.78, 5) is 19.4. The quantitative estimate of drug-likeness (QED) is 0.917. The third-order valence-electron chi connectivity index (χ3n) is 4.81. The van der Waals surface area contributed by atoms with Crippen LogP contribution in [0.15, 0.2) is 48.8 Å². The Balaban J connectivity index is 1.63. The molecule has 0 bridgehead atoms. The van der Waals surface area contributed by atoms with Crippen molar-refractivity contribution in [1.29, 1.82) is 0 Å². The Kier molecular flexibility index (Phi) is 4.28. The molecular weight excluding hydrogens is 302 g/mol. The van der Waals surface area contributed by atoms with Crippen LogP contribution in [0.25, 0.3) is 0 Å². The molecule has 5 nitrogen and oxygen atoms in total. The fourth-order valence-corrected chi connectivity index (χ4v) is 3.59. The smallest absolute Gasteiger partial charge is 0.256 e. The second-order valence-electron chi connectivity index (χ2n) is 6.24. The van der Waals surface area contributed by atoms with Crippen LogP contribution < -0.4 is 5.32 Å². The van der Waals surface area contributed by atoms with Crippen molar-refractivity contribution in [3.05, 3.63) is 65.5 Å². The molecule has 0 saturated carbocycles. The maximum absolute atomic E-state index is 13.3. The van der Waals surface area contributed by atoms with Gasteiger partial charge in [-0.15, -0.1) is 0 Å². The van der Waals surface area contributed by atoms with Crippen LogP contribution in [-0.2, 0) is 16.0 Å². The van der Waals surface area contributed by atoms with Crippen LogP contribution in [0.1, 0.15) is 28.8 Å². The molecule has 2 aromatic rings. The van der Waals surface area contributed by atoms with Gasteiger partial charge in [-0.2, -0.15) is 0 Å². The minimum Gasteiger partial charge on any atom is -0.363 e. The van der Waals surface area contributed by atoms with Crippen molar-refractivity contribution in [2.24, 2.45) is 0 Å². The number of hydrogen-bond acceptors (Lipinski definition) is 4. The van der Waals surface area contributed by atoms with Gasteiger partial charge in [-0.1, -0.05) is 30.3 Å². The fraction of sp³-hybridized carbons (Fsp3) is 0.368. The monoisotopic (exact) mass is 323 g/mol. The first-order valence-electron chi connectivity index (χ1n) is 8.45. The third kappa shape index (κ3) is 2.81. The molecule has 3 heterocycles. The summed E-state index contributed by atoms with van der Waals surface area (Å²) < 4.78 is 5.88. The zero-order chi connectivity index (χ0) is 16.4. The lowest BCUT2D eigenvalue weighted by Gasteiger charge is -2.39. The van der Waals surface area contributed by atoms with Crippen molar-refractivity contribution < 1.29 is 9.53 Å². The van der Waals surface area contributed by atoms with Crippen molar-refractivity contribution in [2.75, 3.05) is 26.2 Å². The third-order valence-corrected chi connectivity index (χ3v) is 4.81. The molecule has 1 fully saturated rings. The molecule has 2 unspecified atom stereocenters. The number of fused-ring (bicyclic) bond motifs is 1. The van der Waals surface area contributed by atoms with Gasteiger partial charge in [-0.3, -0.25) is 9.78 Å². The van der Waals surface area contributed by atoms with Gasteiger partial charge in [0.05, 0.1) is 12.6 Å². The lowest BCUT2D eigenvalue weighted by atomic mass is 9.95. The van der Waals surface area contributed by atoms with Crippen LogP contribution in [-0.4, -0.2) is 42.0 Å². The Morgan fingerprint density at radius 2 is 2.17 bits per heavy atom. The van der Waals surface area contributed by atoms with Gasteiger partial charge in [-0.25, -0.2) is 0 Å². The predicted molar refractivity (Wildman–Crippen MR) is 90.4 cm³/mol. The van der Waals surface area contributed by atoms with Crippen molar-refractivity contribution in [3.63, 3.8) is 0 Å². The van der Waals surface area contributed by atoms with Crippen molar-refractivity contribution in [2.45, 2.75) is 18.6 Å². The van der Waals surface area contributed by atoms with Crippen molar-refractivity contribution in [1.82, 2.24) is 15.2 Å². The van der Waals surface area contributed by atoms with E-state index in [1.807, 2.05) is 41.4 Å². The van der Waals surface area contributed by atoms with Crippen LogP contribution in [0.2, 0.25) is 0 Å². The second-order valence-corrected chi connectivity index (χ2v) is 6.24. The van der Waals surface area contributed by atoms with Gasteiger partial charge in [0.15, 0.2) is 6.10 Å². The second kappa shape index (κ2) is 6.71. The number of ether oxygens (including phenoxy) is 1. The highest BCUT2D eigenvalue weighted by molar-refractivity contribution is 5.83. The number of benzene rings is 1. The molecule has 2 aliphatic rings. The summed E-state index contributed by atoms with van der Waals surface area (Å²) in [6, 6.07) is 12.0. The molecule has 1 saturated heterocycles. The predicted octanol–water partition coefficient (Wildman–Crippen LogP) is 1.87. The number of carbonyl (C=O) groups excluding carboxylic acids is 1.